The molecule has 0 radical (unpaired) electrons. The van der Waals surface area contributed by atoms with Crippen molar-refractivity contribution in [1.82, 2.24) is 0 Å². The summed E-state index contributed by atoms with van der Waals surface area (Å²) in [6, 6.07) is 7.06. The second kappa shape index (κ2) is 3.25. The van der Waals surface area contributed by atoms with Crippen molar-refractivity contribution in [2.24, 2.45) is 0 Å². The highest BCUT2D eigenvalue weighted by atomic mass is 16.2. The molecule has 0 aliphatic heterocycles. The number of hydrogen-bond acceptors (Lipinski definition) is 3. The number of para-hydroxylation sites is 1. The summed E-state index contributed by atoms with van der Waals surface area (Å²) in [4.78, 5) is 22.9. The maximum atomic E-state index is 11.5. The minimum Gasteiger partial charge on any atom is -0.398 e. The van der Waals surface area contributed by atoms with Gasteiger partial charge in [-0.05, 0) is 11.6 Å². The van der Waals surface area contributed by atoms with Crippen molar-refractivity contribution < 1.29 is 9.59 Å². The van der Waals surface area contributed by atoms with Crippen LogP contribution in [0.4, 0.5) is 5.69 Å². The minimum absolute atomic E-state index is 0.00657. The molecule has 0 aromatic heterocycles. The van der Waals surface area contributed by atoms with Gasteiger partial charge in [0.05, 0.1) is 0 Å². The van der Waals surface area contributed by atoms with Crippen LogP contribution in [0.3, 0.4) is 0 Å². The van der Waals surface area contributed by atoms with E-state index in [0.29, 0.717) is 24.1 Å². The van der Waals surface area contributed by atoms with Crippen molar-refractivity contribution in [3.63, 3.8) is 0 Å². The maximum Gasteiger partial charge on any atom is 0.148 e. The van der Waals surface area contributed by atoms with Crippen LogP contribution in [-0.4, -0.2) is 11.6 Å². The monoisotopic (exact) mass is 189 g/mol. The highest BCUT2D eigenvalue weighted by Crippen LogP contribution is 2.31. The molecule has 1 aromatic rings. The van der Waals surface area contributed by atoms with Crippen molar-refractivity contribution in [1.29, 1.82) is 0 Å². The lowest BCUT2D eigenvalue weighted by atomic mass is 9.94. The van der Waals surface area contributed by atoms with Gasteiger partial charge in [-0.3, -0.25) is 9.59 Å². The fraction of sp³-hybridized carbons (Fsp3) is 0.273. The average molecular weight is 189 g/mol. The SMILES string of the molecule is Nc1ccccc1C1C(=O)CCC1=O. The Bertz CT molecular complexity index is 382. The van der Waals surface area contributed by atoms with E-state index < -0.39 is 5.92 Å². The lowest BCUT2D eigenvalue weighted by Gasteiger charge is -2.09. The summed E-state index contributed by atoms with van der Waals surface area (Å²) in [5, 5.41) is 0. The van der Waals surface area contributed by atoms with Crippen LogP contribution in [0.1, 0.15) is 24.3 Å². The van der Waals surface area contributed by atoms with Crippen LogP contribution < -0.4 is 5.73 Å². The number of hydrogen-bond donors (Lipinski definition) is 1. The average Bonchev–Trinajstić information content (AvgIpc) is 2.48. The largest absolute Gasteiger partial charge is 0.398 e. The summed E-state index contributed by atoms with van der Waals surface area (Å²) < 4.78 is 0. The normalized spacial score (nSPS) is 17.7. The molecule has 0 heterocycles. The molecule has 1 aliphatic carbocycles. The summed E-state index contributed by atoms with van der Waals surface area (Å²) >= 11 is 0. The van der Waals surface area contributed by atoms with Gasteiger partial charge < -0.3 is 5.73 Å². The molecule has 0 bridgehead atoms. The molecule has 72 valence electrons. The summed E-state index contributed by atoms with van der Waals surface area (Å²) in [6.07, 6.45) is 0.718. The first-order chi connectivity index (χ1) is 6.70. The molecule has 3 nitrogen and oxygen atoms in total. The van der Waals surface area contributed by atoms with E-state index in [1.807, 2.05) is 0 Å². The fourth-order valence-corrected chi connectivity index (χ4v) is 1.84. The van der Waals surface area contributed by atoms with Crippen molar-refractivity contribution in [2.45, 2.75) is 18.8 Å². The van der Waals surface area contributed by atoms with Gasteiger partial charge in [0.15, 0.2) is 0 Å². The van der Waals surface area contributed by atoms with Crippen LogP contribution in [0, 0.1) is 0 Å². The molecule has 0 amide bonds. The highest BCUT2D eigenvalue weighted by Gasteiger charge is 2.34. The van der Waals surface area contributed by atoms with Gasteiger partial charge >= 0.3 is 0 Å². The maximum absolute atomic E-state index is 11.5. The number of benzene rings is 1. The lowest BCUT2D eigenvalue weighted by molar-refractivity contribution is -0.123. The van der Waals surface area contributed by atoms with E-state index in [-0.39, 0.29) is 11.6 Å². The molecule has 0 unspecified atom stereocenters. The Kier molecular flexibility index (Phi) is 2.08. The molecule has 0 atom stereocenters. The molecule has 2 N–H and O–H groups in total. The van der Waals surface area contributed by atoms with E-state index in [1.54, 1.807) is 24.3 Å². The van der Waals surface area contributed by atoms with Crippen LogP contribution >= 0.6 is 0 Å². The van der Waals surface area contributed by atoms with Gasteiger partial charge in [0, 0.05) is 18.5 Å². The molecule has 1 aromatic carbocycles. The van der Waals surface area contributed by atoms with Gasteiger partial charge in [0.1, 0.15) is 17.5 Å². The number of anilines is 1. The Morgan fingerprint density at radius 2 is 1.64 bits per heavy atom. The molecule has 2 rings (SSSR count). The van der Waals surface area contributed by atoms with Crippen molar-refractivity contribution in [2.75, 3.05) is 5.73 Å². The predicted octanol–water partition coefficient (Wildman–Crippen LogP) is 1.28. The third-order valence-electron chi connectivity index (χ3n) is 2.57. The highest BCUT2D eigenvalue weighted by molar-refractivity contribution is 6.13. The van der Waals surface area contributed by atoms with Gasteiger partial charge in [0.2, 0.25) is 0 Å². The van der Waals surface area contributed by atoms with Gasteiger partial charge in [0.25, 0.3) is 0 Å². The molecule has 1 aliphatic rings. The van der Waals surface area contributed by atoms with Crippen molar-refractivity contribution in [3.8, 4) is 0 Å². The van der Waals surface area contributed by atoms with Crippen LogP contribution in [0.2, 0.25) is 0 Å². The number of Topliss-reactive ketones (excluding diaryl/α,β-unsaturated/α-hetero) is 2. The number of carbonyl (C=O) groups excluding carboxylic acids is 2. The van der Waals surface area contributed by atoms with Crippen molar-refractivity contribution >= 4 is 17.3 Å². The second-order valence-corrected chi connectivity index (χ2v) is 3.49. The van der Waals surface area contributed by atoms with E-state index in [9.17, 15) is 9.59 Å². The van der Waals surface area contributed by atoms with Gasteiger partial charge in [-0.2, -0.15) is 0 Å². The van der Waals surface area contributed by atoms with Crippen LogP contribution in [-0.2, 0) is 9.59 Å². The Morgan fingerprint density at radius 3 is 2.21 bits per heavy atom. The quantitative estimate of drug-likeness (QED) is 0.534. The first kappa shape index (κ1) is 8.94. The van der Waals surface area contributed by atoms with Crippen LogP contribution in [0.25, 0.3) is 0 Å². The summed E-state index contributed by atoms with van der Waals surface area (Å²) in [5.41, 5.74) is 6.92. The van der Waals surface area contributed by atoms with E-state index in [2.05, 4.69) is 0 Å². The molecule has 0 spiro atoms. The van der Waals surface area contributed by atoms with E-state index in [4.69, 9.17) is 5.73 Å². The second-order valence-electron chi connectivity index (χ2n) is 3.49. The Balaban J connectivity index is 2.44. The van der Waals surface area contributed by atoms with Crippen LogP contribution in [0.15, 0.2) is 24.3 Å². The van der Waals surface area contributed by atoms with Crippen LogP contribution in [0.5, 0.6) is 0 Å². The molecule has 1 fully saturated rings. The number of nitrogen functional groups attached to an aromatic ring is 1. The molecular formula is C11H11NO2. The number of carbonyl (C=O) groups is 2. The number of rotatable bonds is 1. The Morgan fingerprint density at radius 1 is 1.07 bits per heavy atom. The fourth-order valence-electron chi connectivity index (χ4n) is 1.84. The summed E-state index contributed by atoms with van der Waals surface area (Å²) in [7, 11) is 0. The number of nitrogens with two attached hydrogens (primary N) is 1. The molecule has 0 saturated heterocycles. The molecular weight excluding hydrogens is 178 g/mol. The topological polar surface area (TPSA) is 60.2 Å². The summed E-state index contributed by atoms with van der Waals surface area (Å²) in [5.74, 6) is -0.614. The van der Waals surface area contributed by atoms with Gasteiger partial charge in [-0.15, -0.1) is 0 Å². The molecule has 14 heavy (non-hydrogen) atoms. The zero-order chi connectivity index (χ0) is 10.1. The zero-order valence-corrected chi connectivity index (χ0v) is 7.69. The van der Waals surface area contributed by atoms with E-state index >= 15 is 0 Å². The predicted molar refractivity (Wildman–Crippen MR) is 52.8 cm³/mol. The smallest absolute Gasteiger partial charge is 0.148 e. The summed E-state index contributed by atoms with van der Waals surface area (Å²) in [6.45, 7) is 0. The third kappa shape index (κ3) is 1.31. The van der Waals surface area contributed by atoms with Gasteiger partial charge in [-0.25, -0.2) is 0 Å². The first-order valence-electron chi connectivity index (χ1n) is 4.60. The zero-order valence-electron chi connectivity index (χ0n) is 7.69. The number of ketones is 2. The minimum atomic E-state index is -0.601. The Labute approximate surface area is 81.9 Å². The van der Waals surface area contributed by atoms with Crippen molar-refractivity contribution in [3.05, 3.63) is 29.8 Å². The Hall–Kier alpha value is -1.64. The molecule has 3 heteroatoms. The third-order valence-corrected chi connectivity index (χ3v) is 2.57. The van der Waals surface area contributed by atoms with E-state index in [0.717, 1.165) is 0 Å². The standard InChI is InChI=1S/C11H11NO2/c12-8-4-2-1-3-7(8)11-9(13)5-6-10(11)14/h1-4,11H,5-6,12H2. The van der Waals surface area contributed by atoms with Gasteiger partial charge in [-0.1, -0.05) is 18.2 Å². The molecule has 1 saturated carbocycles. The first-order valence-corrected chi connectivity index (χ1v) is 4.60. The van der Waals surface area contributed by atoms with E-state index in [1.165, 1.54) is 0 Å². The lowest BCUT2D eigenvalue weighted by Crippen LogP contribution is -2.13.